The second-order valence-corrected chi connectivity index (χ2v) is 9.09. The number of non-ortho nitro benzene ring substituents is 1. The largest absolute Gasteiger partial charge is 0.325 e. The van der Waals surface area contributed by atoms with Crippen LogP contribution in [0.5, 0.6) is 0 Å². The Morgan fingerprint density at radius 3 is 2.66 bits per heavy atom. The molecule has 2 heterocycles. The van der Waals surface area contributed by atoms with E-state index >= 15 is 0 Å². The van der Waals surface area contributed by atoms with Gasteiger partial charge in [0.05, 0.1) is 10.8 Å². The zero-order valence-corrected chi connectivity index (χ0v) is 17.8. The highest BCUT2D eigenvalue weighted by molar-refractivity contribution is 9.10. The second kappa shape index (κ2) is 8.16. The van der Waals surface area contributed by atoms with Crippen LogP contribution in [0.4, 0.5) is 11.4 Å². The van der Waals surface area contributed by atoms with Crippen LogP contribution in [0.1, 0.15) is 17.4 Å². The zero-order chi connectivity index (χ0) is 20.5. The SMILES string of the molecule is O=C1CC(C(=O)N2CCSC2c2ccc([N+](=O)[O-])cc2)CN1c1cccc(Br)c1. The number of thioether (sulfide) groups is 1. The summed E-state index contributed by atoms with van der Waals surface area (Å²) in [6.07, 6.45) is 0.194. The number of nitro groups is 1. The number of hydrogen-bond donors (Lipinski definition) is 0. The van der Waals surface area contributed by atoms with Gasteiger partial charge in [0.25, 0.3) is 5.69 Å². The first-order valence-electron chi connectivity index (χ1n) is 9.16. The topological polar surface area (TPSA) is 83.8 Å². The number of amides is 2. The van der Waals surface area contributed by atoms with Crippen LogP contribution in [0.15, 0.2) is 53.0 Å². The number of halogens is 1. The summed E-state index contributed by atoms with van der Waals surface area (Å²) in [5.74, 6) is 0.314. The first-order chi connectivity index (χ1) is 13.9. The van der Waals surface area contributed by atoms with E-state index < -0.39 is 4.92 Å². The summed E-state index contributed by atoms with van der Waals surface area (Å²) in [4.78, 5) is 39.7. The van der Waals surface area contributed by atoms with Gasteiger partial charge in [-0.05, 0) is 35.9 Å². The third kappa shape index (κ3) is 4.02. The van der Waals surface area contributed by atoms with Crippen molar-refractivity contribution in [2.24, 2.45) is 5.92 Å². The molecule has 9 heteroatoms. The maximum absolute atomic E-state index is 13.2. The van der Waals surface area contributed by atoms with Crippen molar-refractivity contribution < 1.29 is 14.5 Å². The molecular formula is C20H18BrN3O4S. The lowest BCUT2D eigenvalue weighted by Crippen LogP contribution is -2.37. The standard InChI is InChI=1S/C20H18BrN3O4S/c21-15-2-1-3-17(11-15)23-12-14(10-18(23)25)19(26)22-8-9-29-20(22)13-4-6-16(7-5-13)24(27)28/h1-7,11,14,20H,8-10,12H2. The van der Waals surface area contributed by atoms with Crippen molar-refractivity contribution in [3.8, 4) is 0 Å². The summed E-state index contributed by atoms with van der Waals surface area (Å²) in [5, 5.41) is 10.7. The number of hydrogen-bond acceptors (Lipinski definition) is 5. The summed E-state index contributed by atoms with van der Waals surface area (Å²) < 4.78 is 0.881. The van der Waals surface area contributed by atoms with Crippen LogP contribution >= 0.6 is 27.7 Å². The highest BCUT2D eigenvalue weighted by Crippen LogP contribution is 2.40. The van der Waals surface area contributed by atoms with Gasteiger partial charge in [-0.15, -0.1) is 11.8 Å². The molecular weight excluding hydrogens is 458 g/mol. The lowest BCUT2D eigenvalue weighted by atomic mass is 10.1. The van der Waals surface area contributed by atoms with Crippen LogP contribution in [0.25, 0.3) is 0 Å². The molecule has 2 aromatic rings. The third-order valence-corrected chi connectivity index (χ3v) is 6.91. The number of carbonyl (C=O) groups is 2. The van der Waals surface area contributed by atoms with Crippen molar-refractivity contribution in [3.05, 3.63) is 68.7 Å². The number of rotatable bonds is 4. The molecule has 0 bridgehead atoms. The normalized spacial score (nSPS) is 21.6. The molecule has 0 saturated carbocycles. The van der Waals surface area contributed by atoms with Gasteiger partial charge >= 0.3 is 0 Å². The van der Waals surface area contributed by atoms with Crippen molar-refractivity contribution in [2.75, 3.05) is 23.7 Å². The molecule has 2 unspecified atom stereocenters. The summed E-state index contributed by atoms with van der Waals surface area (Å²) in [6, 6.07) is 13.8. The van der Waals surface area contributed by atoms with Crippen molar-refractivity contribution in [2.45, 2.75) is 11.8 Å². The number of benzene rings is 2. The summed E-state index contributed by atoms with van der Waals surface area (Å²) >= 11 is 5.05. The third-order valence-electron chi connectivity index (χ3n) is 5.16. The number of anilines is 1. The van der Waals surface area contributed by atoms with Gasteiger partial charge in [0.2, 0.25) is 11.8 Å². The predicted molar refractivity (Wildman–Crippen MR) is 115 cm³/mol. The van der Waals surface area contributed by atoms with Crippen LogP contribution in [-0.4, -0.2) is 40.5 Å². The smallest absolute Gasteiger partial charge is 0.269 e. The fourth-order valence-corrected chi connectivity index (χ4v) is 5.38. The Balaban J connectivity index is 1.50. The Labute approximate surface area is 180 Å². The summed E-state index contributed by atoms with van der Waals surface area (Å²) in [5.41, 5.74) is 1.67. The zero-order valence-electron chi connectivity index (χ0n) is 15.4. The quantitative estimate of drug-likeness (QED) is 0.493. The maximum atomic E-state index is 13.2. The molecule has 2 aromatic carbocycles. The fraction of sp³-hybridized carbons (Fsp3) is 0.300. The van der Waals surface area contributed by atoms with Crippen molar-refractivity contribution in [1.29, 1.82) is 0 Å². The Kier molecular flexibility index (Phi) is 5.60. The molecule has 2 aliphatic rings. The van der Waals surface area contributed by atoms with E-state index in [2.05, 4.69) is 15.9 Å². The molecule has 2 aliphatic heterocycles. The number of nitrogens with zero attached hydrogens (tertiary/aromatic N) is 3. The molecule has 7 nitrogen and oxygen atoms in total. The molecule has 0 spiro atoms. The Hall–Kier alpha value is -2.39. The van der Waals surface area contributed by atoms with Gasteiger partial charge in [0.1, 0.15) is 5.37 Å². The number of nitro benzene ring substituents is 1. The Morgan fingerprint density at radius 2 is 1.97 bits per heavy atom. The van der Waals surface area contributed by atoms with Crippen molar-refractivity contribution in [1.82, 2.24) is 4.90 Å². The second-order valence-electron chi connectivity index (χ2n) is 6.99. The van der Waals surface area contributed by atoms with Gasteiger partial charge in [0.15, 0.2) is 0 Å². The van der Waals surface area contributed by atoms with Crippen LogP contribution in [0.2, 0.25) is 0 Å². The van der Waals surface area contributed by atoms with E-state index in [0.29, 0.717) is 13.1 Å². The van der Waals surface area contributed by atoms with E-state index in [-0.39, 0.29) is 35.2 Å². The minimum atomic E-state index is -0.435. The summed E-state index contributed by atoms with van der Waals surface area (Å²) in [7, 11) is 0. The predicted octanol–water partition coefficient (Wildman–Crippen LogP) is 3.98. The molecule has 29 heavy (non-hydrogen) atoms. The van der Waals surface area contributed by atoms with E-state index in [1.54, 1.807) is 33.7 Å². The molecule has 4 rings (SSSR count). The molecule has 2 atom stereocenters. The van der Waals surface area contributed by atoms with E-state index in [1.807, 2.05) is 24.3 Å². The van der Waals surface area contributed by atoms with Gasteiger partial charge in [-0.3, -0.25) is 19.7 Å². The Morgan fingerprint density at radius 1 is 1.21 bits per heavy atom. The van der Waals surface area contributed by atoms with Crippen molar-refractivity contribution in [3.63, 3.8) is 0 Å². The maximum Gasteiger partial charge on any atom is 0.269 e. The van der Waals surface area contributed by atoms with Gasteiger partial charge < -0.3 is 9.80 Å². The first-order valence-corrected chi connectivity index (χ1v) is 11.0. The van der Waals surface area contributed by atoms with Crippen LogP contribution in [0.3, 0.4) is 0 Å². The molecule has 2 fully saturated rings. The summed E-state index contributed by atoms with van der Waals surface area (Å²) in [6.45, 7) is 0.967. The molecule has 0 radical (unpaired) electrons. The van der Waals surface area contributed by atoms with Gasteiger partial charge in [0, 0.05) is 47.6 Å². The lowest BCUT2D eigenvalue weighted by molar-refractivity contribution is -0.384. The van der Waals surface area contributed by atoms with Crippen LogP contribution < -0.4 is 4.90 Å². The van der Waals surface area contributed by atoms with Gasteiger partial charge in [-0.25, -0.2) is 0 Å². The molecule has 0 N–H and O–H groups in total. The van der Waals surface area contributed by atoms with Crippen molar-refractivity contribution >= 4 is 50.9 Å². The molecule has 2 saturated heterocycles. The molecule has 0 aromatic heterocycles. The highest BCUT2D eigenvalue weighted by atomic mass is 79.9. The molecule has 150 valence electrons. The monoisotopic (exact) mass is 475 g/mol. The molecule has 0 aliphatic carbocycles. The minimum absolute atomic E-state index is 0.0284. The lowest BCUT2D eigenvalue weighted by Gasteiger charge is -2.26. The van der Waals surface area contributed by atoms with E-state index in [1.165, 1.54) is 12.1 Å². The van der Waals surface area contributed by atoms with Gasteiger partial charge in [-0.1, -0.05) is 22.0 Å². The molecule has 2 amide bonds. The van der Waals surface area contributed by atoms with E-state index in [0.717, 1.165) is 21.5 Å². The highest BCUT2D eigenvalue weighted by Gasteiger charge is 2.41. The van der Waals surface area contributed by atoms with E-state index in [9.17, 15) is 19.7 Å². The minimum Gasteiger partial charge on any atom is -0.325 e. The van der Waals surface area contributed by atoms with Gasteiger partial charge in [-0.2, -0.15) is 0 Å². The Bertz CT molecular complexity index is 968. The van der Waals surface area contributed by atoms with Crippen LogP contribution in [-0.2, 0) is 9.59 Å². The first kappa shape index (κ1) is 19.9. The number of carbonyl (C=O) groups excluding carboxylic acids is 2. The van der Waals surface area contributed by atoms with E-state index in [4.69, 9.17) is 0 Å². The fourth-order valence-electron chi connectivity index (χ4n) is 3.73. The van der Waals surface area contributed by atoms with Crippen LogP contribution in [0, 0.1) is 16.0 Å². The average Bonchev–Trinajstić information content (AvgIpc) is 3.34. The average molecular weight is 476 g/mol.